The van der Waals surface area contributed by atoms with Crippen molar-refractivity contribution in [3.05, 3.63) is 53.9 Å². The first-order valence-corrected chi connectivity index (χ1v) is 9.50. The molecule has 0 N–H and O–H groups in total. The van der Waals surface area contributed by atoms with Crippen molar-refractivity contribution in [2.24, 2.45) is 0 Å². The molecule has 2 amide bonds. The molecule has 0 bridgehead atoms. The minimum absolute atomic E-state index is 0.0615. The summed E-state index contributed by atoms with van der Waals surface area (Å²) in [6, 6.07) is 12.2. The summed E-state index contributed by atoms with van der Waals surface area (Å²) >= 11 is 0. The van der Waals surface area contributed by atoms with Gasteiger partial charge >= 0.3 is 0 Å². The first-order valence-electron chi connectivity index (χ1n) is 9.50. The number of pyridine rings is 1. The van der Waals surface area contributed by atoms with Crippen LogP contribution < -0.4 is 4.90 Å². The molecule has 1 aromatic heterocycles. The lowest BCUT2D eigenvalue weighted by Crippen LogP contribution is -2.50. The fourth-order valence-electron chi connectivity index (χ4n) is 3.86. The van der Waals surface area contributed by atoms with Gasteiger partial charge in [-0.05, 0) is 36.6 Å². The average Bonchev–Trinajstić information content (AvgIpc) is 2.73. The highest BCUT2D eigenvalue weighted by molar-refractivity contribution is 5.92. The van der Waals surface area contributed by atoms with Gasteiger partial charge in [0.2, 0.25) is 5.91 Å². The Bertz CT molecular complexity index is 842. The number of carbonyl (C=O) groups is 2. The molecule has 6 heteroatoms. The van der Waals surface area contributed by atoms with E-state index in [0.717, 1.165) is 25.1 Å². The first kappa shape index (κ1) is 17.5. The summed E-state index contributed by atoms with van der Waals surface area (Å²) < 4.78 is 0. The molecule has 1 aromatic carbocycles. The Kier molecular flexibility index (Phi) is 4.79. The average molecular weight is 364 g/mol. The van der Waals surface area contributed by atoms with E-state index in [1.54, 1.807) is 22.9 Å². The molecule has 0 saturated carbocycles. The number of aryl methyl sites for hydroxylation is 1. The van der Waals surface area contributed by atoms with Gasteiger partial charge in [-0.25, -0.2) is 4.98 Å². The van der Waals surface area contributed by atoms with Crippen LogP contribution in [0.15, 0.2) is 42.6 Å². The van der Waals surface area contributed by atoms with E-state index >= 15 is 0 Å². The lowest BCUT2D eigenvalue weighted by molar-refractivity contribution is -0.130. The number of aromatic nitrogens is 1. The van der Waals surface area contributed by atoms with Gasteiger partial charge in [-0.15, -0.1) is 0 Å². The molecular formula is C21H24N4O2. The Hall–Kier alpha value is -2.89. The van der Waals surface area contributed by atoms with E-state index in [2.05, 4.69) is 34.1 Å². The lowest BCUT2D eigenvalue weighted by atomic mass is 10.0. The zero-order valence-electron chi connectivity index (χ0n) is 15.6. The van der Waals surface area contributed by atoms with E-state index in [0.29, 0.717) is 31.9 Å². The van der Waals surface area contributed by atoms with Crippen molar-refractivity contribution in [1.29, 1.82) is 0 Å². The highest BCUT2D eigenvalue weighted by Gasteiger charge is 2.24. The second-order valence-corrected chi connectivity index (χ2v) is 7.08. The fraction of sp³-hybridized carbons (Fsp3) is 0.381. The van der Waals surface area contributed by atoms with Crippen LogP contribution >= 0.6 is 0 Å². The molecule has 140 valence electrons. The summed E-state index contributed by atoms with van der Waals surface area (Å²) in [7, 11) is 0. The number of para-hydroxylation sites is 1. The molecule has 4 rings (SSSR count). The van der Waals surface area contributed by atoms with E-state index in [-0.39, 0.29) is 11.8 Å². The molecule has 27 heavy (non-hydrogen) atoms. The molecule has 2 aromatic rings. The van der Waals surface area contributed by atoms with Gasteiger partial charge in [-0.3, -0.25) is 9.59 Å². The number of fused-ring (bicyclic) bond motifs is 1. The van der Waals surface area contributed by atoms with Crippen LogP contribution in [-0.2, 0) is 11.2 Å². The van der Waals surface area contributed by atoms with Gasteiger partial charge in [-0.2, -0.15) is 0 Å². The molecule has 0 spiro atoms. The number of hydrogen-bond donors (Lipinski definition) is 0. The van der Waals surface area contributed by atoms with Crippen LogP contribution in [0.1, 0.15) is 29.4 Å². The Morgan fingerprint density at radius 1 is 0.926 bits per heavy atom. The van der Waals surface area contributed by atoms with E-state index in [9.17, 15) is 9.59 Å². The van der Waals surface area contributed by atoms with E-state index in [1.807, 2.05) is 12.1 Å². The first-order chi connectivity index (χ1) is 13.1. The van der Waals surface area contributed by atoms with Crippen molar-refractivity contribution in [1.82, 2.24) is 14.8 Å². The van der Waals surface area contributed by atoms with Crippen LogP contribution in [0.5, 0.6) is 0 Å². The minimum atomic E-state index is -0.0659. The number of nitrogens with zero attached hydrogens (tertiary/aromatic N) is 4. The highest BCUT2D eigenvalue weighted by atomic mass is 16.2. The quantitative estimate of drug-likeness (QED) is 0.821. The minimum Gasteiger partial charge on any atom is -0.340 e. The molecular weight excluding hydrogens is 340 g/mol. The lowest BCUT2D eigenvalue weighted by Gasteiger charge is -2.34. The summed E-state index contributed by atoms with van der Waals surface area (Å²) in [6.07, 6.45) is 4.00. The van der Waals surface area contributed by atoms with Gasteiger partial charge in [-0.1, -0.05) is 18.2 Å². The molecule has 2 aliphatic rings. The number of hydrogen-bond acceptors (Lipinski definition) is 4. The third-order valence-electron chi connectivity index (χ3n) is 5.40. The second-order valence-electron chi connectivity index (χ2n) is 7.08. The van der Waals surface area contributed by atoms with Crippen LogP contribution in [-0.4, -0.2) is 59.3 Å². The van der Waals surface area contributed by atoms with Crippen molar-refractivity contribution in [2.75, 3.05) is 37.6 Å². The van der Waals surface area contributed by atoms with Crippen molar-refractivity contribution in [2.45, 2.75) is 19.8 Å². The van der Waals surface area contributed by atoms with E-state index < -0.39 is 0 Å². The van der Waals surface area contributed by atoms with Gasteiger partial charge in [0.25, 0.3) is 5.91 Å². The van der Waals surface area contributed by atoms with Gasteiger partial charge in [0.1, 0.15) is 5.69 Å². The molecule has 3 heterocycles. The Morgan fingerprint density at radius 2 is 1.67 bits per heavy atom. The predicted octanol–water partition coefficient (Wildman–Crippen LogP) is 2.47. The molecule has 0 radical (unpaired) electrons. The van der Waals surface area contributed by atoms with E-state index in [4.69, 9.17) is 0 Å². The largest absolute Gasteiger partial charge is 0.340 e. The summed E-state index contributed by atoms with van der Waals surface area (Å²) in [5, 5.41) is 0. The third-order valence-corrected chi connectivity index (χ3v) is 5.40. The topological polar surface area (TPSA) is 56.8 Å². The molecule has 2 aliphatic heterocycles. The van der Waals surface area contributed by atoms with Crippen LogP contribution in [0.4, 0.5) is 11.4 Å². The molecule has 0 atom stereocenters. The summed E-state index contributed by atoms with van der Waals surface area (Å²) in [5.41, 5.74) is 4.05. The highest BCUT2D eigenvalue weighted by Crippen LogP contribution is 2.32. The molecule has 0 unspecified atom stereocenters. The van der Waals surface area contributed by atoms with Crippen LogP contribution in [0.3, 0.4) is 0 Å². The van der Waals surface area contributed by atoms with Crippen molar-refractivity contribution in [3.8, 4) is 0 Å². The number of piperazine rings is 1. The smallest absolute Gasteiger partial charge is 0.272 e. The van der Waals surface area contributed by atoms with Crippen LogP contribution in [0.25, 0.3) is 0 Å². The monoisotopic (exact) mass is 364 g/mol. The fourth-order valence-corrected chi connectivity index (χ4v) is 3.86. The number of anilines is 2. The predicted molar refractivity (Wildman–Crippen MR) is 104 cm³/mol. The molecule has 0 aliphatic carbocycles. The zero-order valence-corrected chi connectivity index (χ0v) is 15.6. The summed E-state index contributed by atoms with van der Waals surface area (Å²) in [6.45, 7) is 4.81. The van der Waals surface area contributed by atoms with Crippen molar-refractivity contribution < 1.29 is 9.59 Å². The SMILES string of the molecule is CC(=O)N1CCN(C(=O)c2ccc(N3CCCc4ccccc43)cn2)CC1. The maximum atomic E-state index is 12.7. The Balaban J connectivity index is 1.47. The van der Waals surface area contributed by atoms with Gasteiger partial charge in [0.05, 0.1) is 11.9 Å². The van der Waals surface area contributed by atoms with Gasteiger partial charge in [0.15, 0.2) is 0 Å². The van der Waals surface area contributed by atoms with Crippen LogP contribution in [0.2, 0.25) is 0 Å². The van der Waals surface area contributed by atoms with Gasteiger partial charge in [0, 0.05) is 45.3 Å². The second kappa shape index (κ2) is 7.39. The van der Waals surface area contributed by atoms with Crippen molar-refractivity contribution >= 4 is 23.2 Å². The van der Waals surface area contributed by atoms with E-state index in [1.165, 1.54) is 11.3 Å². The van der Waals surface area contributed by atoms with Crippen LogP contribution in [0, 0.1) is 0 Å². The summed E-state index contributed by atoms with van der Waals surface area (Å²) in [4.78, 5) is 34.4. The third kappa shape index (κ3) is 3.52. The van der Waals surface area contributed by atoms with Crippen molar-refractivity contribution in [3.63, 3.8) is 0 Å². The molecule has 1 fully saturated rings. The number of benzene rings is 1. The number of carbonyl (C=O) groups excluding carboxylic acids is 2. The molecule has 6 nitrogen and oxygen atoms in total. The number of amides is 2. The summed E-state index contributed by atoms with van der Waals surface area (Å²) in [5.74, 6) is -0.00446. The van der Waals surface area contributed by atoms with Gasteiger partial charge < -0.3 is 14.7 Å². The Labute approximate surface area is 159 Å². The standard InChI is InChI=1S/C21H24N4O2/c1-16(26)23-11-13-24(14-12-23)21(27)19-9-8-18(15-22-19)25-10-4-6-17-5-2-3-7-20(17)25/h2-3,5,7-9,15H,4,6,10-14H2,1H3. The number of rotatable bonds is 2. The maximum Gasteiger partial charge on any atom is 0.272 e. The molecule has 1 saturated heterocycles. The Morgan fingerprint density at radius 3 is 2.37 bits per heavy atom. The normalized spacial score (nSPS) is 16.9. The zero-order chi connectivity index (χ0) is 18.8. The maximum absolute atomic E-state index is 12.7.